The lowest BCUT2D eigenvalue weighted by molar-refractivity contribution is 1.10. The summed E-state index contributed by atoms with van der Waals surface area (Å²) >= 11 is 1.82. The minimum Gasteiger partial charge on any atom is -0.320 e. The zero-order chi connectivity index (χ0) is 12.2. The molecule has 1 saturated heterocycles. The highest BCUT2D eigenvalue weighted by atomic mass is 32.2. The molecule has 0 spiro atoms. The zero-order valence-electron chi connectivity index (χ0n) is 9.99. The number of benzene rings is 2. The fourth-order valence-electron chi connectivity index (χ4n) is 1.95. The largest absolute Gasteiger partial charge is 0.320 e. The fourth-order valence-corrected chi connectivity index (χ4v) is 2.93. The Balaban J connectivity index is 1.90. The highest BCUT2D eigenvalue weighted by molar-refractivity contribution is 8.14. The van der Waals surface area contributed by atoms with Crippen LogP contribution < -0.4 is 4.90 Å². The van der Waals surface area contributed by atoms with Crippen LogP contribution in [0.15, 0.2) is 65.7 Å². The average molecular weight is 254 g/mol. The topological polar surface area (TPSA) is 15.6 Å². The summed E-state index contributed by atoms with van der Waals surface area (Å²) in [5.74, 6) is 1.10. The molecule has 0 atom stereocenters. The summed E-state index contributed by atoms with van der Waals surface area (Å²) in [7, 11) is 0. The number of nitrogens with zero attached hydrogens (tertiary/aromatic N) is 2. The first-order valence-corrected chi connectivity index (χ1v) is 7.01. The molecule has 0 unspecified atom stereocenters. The van der Waals surface area contributed by atoms with Crippen molar-refractivity contribution < 1.29 is 0 Å². The maximum absolute atomic E-state index is 4.72. The average Bonchev–Trinajstić information content (AvgIpc) is 2.89. The number of para-hydroxylation sites is 2. The Bertz CT molecular complexity index is 537. The number of amidine groups is 1. The Kier molecular flexibility index (Phi) is 3.33. The molecule has 0 aliphatic carbocycles. The molecule has 1 aliphatic heterocycles. The Morgan fingerprint density at radius 3 is 2.28 bits per heavy atom. The van der Waals surface area contributed by atoms with Crippen LogP contribution in [-0.2, 0) is 0 Å². The van der Waals surface area contributed by atoms with Gasteiger partial charge >= 0.3 is 0 Å². The quantitative estimate of drug-likeness (QED) is 0.807. The van der Waals surface area contributed by atoms with Crippen LogP contribution in [0.2, 0.25) is 0 Å². The molecule has 0 bridgehead atoms. The smallest absolute Gasteiger partial charge is 0.168 e. The van der Waals surface area contributed by atoms with E-state index in [9.17, 15) is 0 Å². The number of anilines is 1. The van der Waals surface area contributed by atoms with Gasteiger partial charge < -0.3 is 4.90 Å². The van der Waals surface area contributed by atoms with Crippen molar-refractivity contribution in [2.24, 2.45) is 4.99 Å². The van der Waals surface area contributed by atoms with Gasteiger partial charge in [-0.2, -0.15) is 0 Å². The molecule has 1 aliphatic rings. The van der Waals surface area contributed by atoms with Gasteiger partial charge in [0.05, 0.1) is 5.69 Å². The van der Waals surface area contributed by atoms with Gasteiger partial charge in [0.2, 0.25) is 0 Å². The first-order chi connectivity index (χ1) is 8.93. The second kappa shape index (κ2) is 5.27. The third kappa shape index (κ3) is 2.41. The number of hydrogen-bond donors (Lipinski definition) is 0. The molecule has 90 valence electrons. The maximum atomic E-state index is 4.72. The Morgan fingerprint density at radius 1 is 0.889 bits per heavy atom. The molecule has 2 aromatic rings. The van der Waals surface area contributed by atoms with Crippen LogP contribution in [0.1, 0.15) is 0 Å². The summed E-state index contributed by atoms with van der Waals surface area (Å²) in [6.45, 7) is 1.03. The van der Waals surface area contributed by atoms with Crippen molar-refractivity contribution in [1.29, 1.82) is 0 Å². The van der Waals surface area contributed by atoms with E-state index in [-0.39, 0.29) is 0 Å². The second-order valence-corrected chi connectivity index (χ2v) is 5.13. The molecule has 3 heteroatoms. The van der Waals surface area contributed by atoms with Crippen molar-refractivity contribution in [3.05, 3.63) is 60.7 Å². The summed E-state index contributed by atoms with van der Waals surface area (Å²) in [4.78, 5) is 7.00. The highest BCUT2D eigenvalue weighted by Gasteiger charge is 2.20. The van der Waals surface area contributed by atoms with Gasteiger partial charge in [0.25, 0.3) is 0 Å². The molecule has 3 rings (SSSR count). The van der Waals surface area contributed by atoms with Gasteiger partial charge in [-0.05, 0) is 24.3 Å². The minimum absolute atomic E-state index is 1.02. The first kappa shape index (κ1) is 11.4. The third-order valence-electron chi connectivity index (χ3n) is 2.83. The van der Waals surface area contributed by atoms with E-state index in [1.165, 1.54) is 5.69 Å². The van der Waals surface area contributed by atoms with Crippen molar-refractivity contribution in [1.82, 2.24) is 0 Å². The minimum atomic E-state index is 1.02. The SMILES string of the molecule is c1ccc(N=C2SCCN2c2ccccc2)cc1. The van der Waals surface area contributed by atoms with Crippen LogP contribution >= 0.6 is 11.8 Å². The lowest BCUT2D eigenvalue weighted by Crippen LogP contribution is -2.23. The number of rotatable bonds is 2. The number of thioether (sulfide) groups is 1. The van der Waals surface area contributed by atoms with Crippen LogP contribution in [0.4, 0.5) is 11.4 Å². The molecule has 1 fully saturated rings. The molecule has 2 nitrogen and oxygen atoms in total. The molecule has 0 aromatic heterocycles. The Hall–Kier alpha value is -1.74. The molecular weight excluding hydrogens is 240 g/mol. The standard InChI is InChI=1S/C15H14N2S/c1-3-7-13(8-4-1)16-15-17(11-12-18-15)14-9-5-2-6-10-14/h1-10H,11-12H2. The van der Waals surface area contributed by atoms with Gasteiger partial charge in [0.1, 0.15) is 0 Å². The molecule has 0 radical (unpaired) electrons. The van der Waals surface area contributed by atoms with Gasteiger partial charge in [-0.15, -0.1) is 0 Å². The maximum Gasteiger partial charge on any atom is 0.168 e. The normalized spacial score (nSPS) is 17.3. The second-order valence-electron chi connectivity index (χ2n) is 4.07. The van der Waals surface area contributed by atoms with E-state index in [1.807, 2.05) is 48.2 Å². The predicted octanol–water partition coefficient (Wildman–Crippen LogP) is 3.93. The molecule has 18 heavy (non-hydrogen) atoms. The van der Waals surface area contributed by atoms with Crippen molar-refractivity contribution >= 4 is 28.3 Å². The highest BCUT2D eigenvalue weighted by Crippen LogP contribution is 2.27. The van der Waals surface area contributed by atoms with Crippen molar-refractivity contribution in [2.45, 2.75) is 0 Å². The van der Waals surface area contributed by atoms with Crippen molar-refractivity contribution in [3.8, 4) is 0 Å². The Morgan fingerprint density at radius 2 is 1.56 bits per heavy atom. The van der Waals surface area contributed by atoms with Crippen molar-refractivity contribution in [2.75, 3.05) is 17.2 Å². The van der Waals surface area contributed by atoms with E-state index in [0.717, 1.165) is 23.2 Å². The third-order valence-corrected chi connectivity index (χ3v) is 3.78. The summed E-state index contributed by atoms with van der Waals surface area (Å²) in [5, 5.41) is 1.09. The Labute approximate surface area is 111 Å². The van der Waals surface area contributed by atoms with E-state index in [1.54, 1.807) is 0 Å². The van der Waals surface area contributed by atoms with E-state index in [4.69, 9.17) is 4.99 Å². The van der Waals surface area contributed by atoms with Crippen LogP contribution in [0.25, 0.3) is 0 Å². The van der Waals surface area contributed by atoms with Gasteiger partial charge in [0, 0.05) is 18.0 Å². The number of hydrogen-bond acceptors (Lipinski definition) is 2. The summed E-state index contributed by atoms with van der Waals surface area (Å²) in [5.41, 5.74) is 2.24. The molecule has 0 amide bonds. The molecule has 1 heterocycles. The van der Waals surface area contributed by atoms with Gasteiger partial charge in [-0.3, -0.25) is 0 Å². The summed E-state index contributed by atoms with van der Waals surface area (Å²) in [6.07, 6.45) is 0. The molecule has 2 aromatic carbocycles. The molecular formula is C15H14N2S. The van der Waals surface area contributed by atoms with E-state index in [2.05, 4.69) is 29.2 Å². The van der Waals surface area contributed by atoms with Gasteiger partial charge in [-0.1, -0.05) is 48.2 Å². The summed E-state index contributed by atoms with van der Waals surface area (Å²) in [6, 6.07) is 20.6. The van der Waals surface area contributed by atoms with Crippen LogP contribution in [-0.4, -0.2) is 17.5 Å². The predicted molar refractivity (Wildman–Crippen MR) is 79.8 cm³/mol. The van der Waals surface area contributed by atoms with Crippen LogP contribution in [0.3, 0.4) is 0 Å². The van der Waals surface area contributed by atoms with E-state index in [0.29, 0.717) is 0 Å². The van der Waals surface area contributed by atoms with Gasteiger partial charge in [-0.25, -0.2) is 4.99 Å². The monoisotopic (exact) mass is 254 g/mol. The fraction of sp³-hybridized carbons (Fsp3) is 0.133. The summed E-state index contributed by atoms with van der Waals surface area (Å²) < 4.78 is 0. The number of aliphatic imine (C=N–C) groups is 1. The van der Waals surface area contributed by atoms with E-state index < -0.39 is 0 Å². The lowest BCUT2D eigenvalue weighted by Gasteiger charge is -2.17. The molecule has 0 saturated carbocycles. The van der Waals surface area contributed by atoms with Crippen LogP contribution in [0.5, 0.6) is 0 Å². The van der Waals surface area contributed by atoms with Crippen molar-refractivity contribution in [3.63, 3.8) is 0 Å². The first-order valence-electron chi connectivity index (χ1n) is 6.02. The van der Waals surface area contributed by atoms with Crippen LogP contribution in [0, 0.1) is 0 Å². The zero-order valence-corrected chi connectivity index (χ0v) is 10.8. The molecule has 0 N–H and O–H groups in total. The van der Waals surface area contributed by atoms with E-state index >= 15 is 0 Å². The lowest BCUT2D eigenvalue weighted by atomic mass is 10.3. The van der Waals surface area contributed by atoms with Gasteiger partial charge in [0.15, 0.2) is 5.17 Å².